The number of ether oxygens (including phenoxy) is 2. The summed E-state index contributed by atoms with van der Waals surface area (Å²) >= 11 is 0. The summed E-state index contributed by atoms with van der Waals surface area (Å²) in [6, 6.07) is 29.8. The smallest absolute Gasteiger partial charge is 0.266 e. The van der Waals surface area contributed by atoms with Gasteiger partial charge in [0.1, 0.15) is 5.75 Å². The molecule has 1 saturated heterocycles. The van der Waals surface area contributed by atoms with E-state index in [1.807, 2.05) is 91.9 Å². The number of rotatable bonds is 6. The Bertz CT molecular complexity index is 1790. The van der Waals surface area contributed by atoms with Crippen LogP contribution in [0.2, 0.25) is 18.6 Å². The highest BCUT2D eigenvalue weighted by Crippen LogP contribution is 2.60. The molecule has 2 amide bonds. The molecular weight excluding hydrogens is 587 g/mol. The predicted molar refractivity (Wildman–Crippen MR) is 173 cm³/mol. The molecule has 0 aromatic heterocycles. The summed E-state index contributed by atoms with van der Waals surface area (Å²) in [6.45, 7) is 5.37. The van der Waals surface area contributed by atoms with Gasteiger partial charge >= 0.3 is 0 Å². The summed E-state index contributed by atoms with van der Waals surface area (Å²) in [5.74, 6) is 0.259. The number of carbonyl (C=O) groups excluding carboxylic acids is 2. The average molecular weight is 623 g/mol. The highest BCUT2D eigenvalue weighted by molar-refractivity contribution is 6.72. The Kier molecular flexibility index (Phi) is 7.15. The minimum atomic E-state index is -3.26. The second-order valence-electron chi connectivity index (χ2n) is 12.6. The van der Waals surface area contributed by atoms with Crippen LogP contribution < -0.4 is 14.5 Å². The number of anilines is 3. The van der Waals surface area contributed by atoms with Crippen molar-refractivity contribution in [3.63, 3.8) is 0 Å². The van der Waals surface area contributed by atoms with Crippen molar-refractivity contribution in [2.24, 2.45) is 5.92 Å². The Hall–Kier alpha value is -4.31. The quantitative estimate of drug-likeness (QED) is 0.178. The van der Waals surface area contributed by atoms with E-state index in [1.165, 1.54) is 0 Å². The van der Waals surface area contributed by atoms with E-state index >= 15 is 4.11 Å². The highest BCUT2D eigenvalue weighted by Gasteiger charge is 2.66. The molecule has 1 fully saturated rings. The van der Waals surface area contributed by atoms with Crippen LogP contribution in [0, 0.1) is 5.92 Å². The van der Waals surface area contributed by atoms with Crippen molar-refractivity contribution >= 4 is 37.3 Å². The molecule has 9 heteroatoms. The Morgan fingerprint density at radius 3 is 2.22 bits per heavy atom. The lowest BCUT2D eigenvalue weighted by atomic mass is 9.82. The molecule has 0 unspecified atom stereocenters. The molecule has 4 atom stereocenters. The normalized spacial score (nSPS) is 23.9. The maximum absolute atomic E-state index is 15.7. The van der Waals surface area contributed by atoms with Gasteiger partial charge in [-0.3, -0.25) is 14.5 Å². The van der Waals surface area contributed by atoms with E-state index in [4.69, 9.17) is 9.47 Å². The molecule has 230 valence electrons. The third-order valence-corrected chi connectivity index (χ3v) is 11.9. The first-order chi connectivity index (χ1) is 21.6. The summed E-state index contributed by atoms with van der Waals surface area (Å²) in [4.78, 5) is 31.6. The lowest BCUT2D eigenvalue weighted by molar-refractivity contribution is -0.146. The van der Waals surface area contributed by atoms with Crippen LogP contribution in [-0.4, -0.2) is 38.0 Å². The summed E-state index contributed by atoms with van der Waals surface area (Å²) in [7, 11) is -3.26. The van der Waals surface area contributed by atoms with Crippen LogP contribution in [0.3, 0.4) is 0 Å². The molecule has 7 nitrogen and oxygen atoms in total. The molecule has 7 rings (SSSR count). The number of aliphatic hydroxyl groups excluding tert-OH is 1. The maximum Gasteiger partial charge on any atom is 0.266 e. The Morgan fingerprint density at radius 2 is 1.51 bits per heavy atom. The van der Waals surface area contributed by atoms with Crippen LogP contribution in [0.5, 0.6) is 11.5 Å². The van der Waals surface area contributed by atoms with Crippen molar-refractivity contribution < 1.29 is 28.3 Å². The van der Waals surface area contributed by atoms with Crippen molar-refractivity contribution in [1.29, 1.82) is 0 Å². The lowest BCUT2D eigenvalue weighted by Gasteiger charge is -2.31. The van der Waals surface area contributed by atoms with Gasteiger partial charge in [0.15, 0.2) is 11.4 Å². The van der Waals surface area contributed by atoms with Crippen molar-refractivity contribution in [3.8, 4) is 11.5 Å². The standard InChI is InChI=1S/C36H35FN2O5Si/c1-23-33(45(2,3)37)32(20-21-40)44-36(23)27-11-5-6-12-28(27)38(35(36)42)22-24-16-18-25(19-17-24)39-29-13-7-9-15-31(29)43-30-14-8-4-10-26(30)34(39)41/h4-19,23,32-33,40H,20-22H2,1-3H3/t23-,32+,33-,36+/m0/s1. The predicted octanol–water partition coefficient (Wildman–Crippen LogP) is 7.48. The number of para-hydroxylation sites is 4. The second-order valence-corrected chi connectivity index (χ2v) is 16.4. The van der Waals surface area contributed by atoms with E-state index in [2.05, 4.69) is 0 Å². The molecular formula is C36H35FN2O5Si. The van der Waals surface area contributed by atoms with Crippen LogP contribution in [0.15, 0.2) is 97.1 Å². The highest BCUT2D eigenvalue weighted by atomic mass is 28.4. The van der Waals surface area contributed by atoms with Crippen LogP contribution in [0.4, 0.5) is 21.2 Å². The van der Waals surface area contributed by atoms with Gasteiger partial charge in [-0.25, -0.2) is 0 Å². The van der Waals surface area contributed by atoms with Gasteiger partial charge in [0.25, 0.3) is 11.8 Å². The molecule has 4 aromatic carbocycles. The van der Waals surface area contributed by atoms with Gasteiger partial charge in [-0.2, -0.15) is 0 Å². The molecule has 45 heavy (non-hydrogen) atoms. The van der Waals surface area contributed by atoms with E-state index < -0.39 is 31.6 Å². The van der Waals surface area contributed by atoms with Crippen LogP contribution in [0.25, 0.3) is 0 Å². The fourth-order valence-electron chi connectivity index (χ4n) is 7.55. The van der Waals surface area contributed by atoms with Crippen LogP contribution in [-0.2, 0) is 21.7 Å². The number of nitrogens with zero attached hydrogens (tertiary/aromatic N) is 2. The van der Waals surface area contributed by atoms with E-state index in [0.29, 0.717) is 28.4 Å². The third kappa shape index (κ3) is 4.60. The van der Waals surface area contributed by atoms with Crippen molar-refractivity contribution in [3.05, 3.63) is 114 Å². The summed E-state index contributed by atoms with van der Waals surface area (Å²) in [6.07, 6.45) is -0.266. The lowest BCUT2D eigenvalue weighted by Crippen LogP contribution is -2.45. The Balaban J connectivity index is 1.22. The molecule has 4 aromatic rings. The van der Waals surface area contributed by atoms with Gasteiger partial charge in [-0.15, -0.1) is 0 Å². The molecule has 0 bridgehead atoms. The minimum absolute atomic E-state index is 0.137. The first-order valence-corrected chi connectivity index (χ1v) is 18.3. The number of fused-ring (bicyclic) bond motifs is 4. The molecule has 3 aliphatic rings. The number of hydrogen-bond acceptors (Lipinski definition) is 5. The number of halogens is 1. The fraction of sp³-hybridized carbons (Fsp3) is 0.278. The zero-order valence-corrected chi connectivity index (χ0v) is 26.4. The van der Waals surface area contributed by atoms with Gasteiger partial charge in [0.05, 0.1) is 29.6 Å². The van der Waals surface area contributed by atoms with Crippen LogP contribution in [0.1, 0.15) is 34.8 Å². The monoisotopic (exact) mass is 622 g/mol. The molecule has 1 spiro atoms. The topological polar surface area (TPSA) is 79.3 Å². The number of amides is 2. The van der Waals surface area contributed by atoms with E-state index in [-0.39, 0.29) is 31.4 Å². The van der Waals surface area contributed by atoms with Crippen LogP contribution >= 0.6 is 0 Å². The Morgan fingerprint density at radius 1 is 0.867 bits per heavy atom. The van der Waals surface area contributed by atoms with Gasteiger partial charge in [-0.05, 0) is 67.5 Å². The van der Waals surface area contributed by atoms with E-state index in [9.17, 15) is 14.7 Å². The zero-order chi connectivity index (χ0) is 31.5. The zero-order valence-electron chi connectivity index (χ0n) is 25.4. The number of carbonyl (C=O) groups is 2. The van der Waals surface area contributed by atoms with E-state index in [0.717, 1.165) is 16.8 Å². The van der Waals surface area contributed by atoms with Gasteiger partial charge in [-0.1, -0.05) is 61.5 Å². The number of hydrogen-bond donors (Lipinski definition) is 1. The largest absolute Gasteiger partial charge is 0.454 e. The maximum atomic E-state index is 15.7. The van der Waals surface area contributed by atoms with Gasteiger partial charge in [0, 0.05) is 29.3 Å². The fourth-order valence-corrected chi connectivity index (χ4v) is 10.1. The number of aliphatic hydroxyl groups is 1. The summed E-state index contributed by atoms with van der Waals surface area (Å²) in [5, 5.41) is 9.77. The summed E-state index contributed by atoms with van der Waals surface area (Å²) < 4.78 is 28.5. The first-order valence-electron chi connectivity index (χ1n) is 15.3. The van der Waals surface area contributed by atoms with E-state index in [1.54, 1.807) is 35.0 Å². The van der Waals surface area contributed by atoms with Crippen molar-refractivity contribution in [1.82, 2.24) is 0 Å². The van der Waals surface area contributed by atoms with Crippen molar-refractivity contribution in [2.45, 2.75) is 50.2 Å². The van der Waals surface area contributed by atoms with Gasteiger partial charge in [0.2, 0.25) is 8.41 Å². The minimum Gasteiger partial charge on any atom is -0.454 e. The Labute approximate surface area is 263 Å². The third-order valence-electron chi connectivity index (χ3n) is 9.46. The molecule has 1 N–H and O–H groups in total. The van der Waals surface area contributed by atoms with Crippen molar-refractivity contribution in [2.75, 3.05) is 16.4 Å². The molecule has 0 saturated carbocycles. The first kappa shape index (κ1) is 29.4. The van der Waals surface area contributed by atoms with Gasteiger partial charge < -0.3 is 23.6 Å². The number of benzene rings is 4. The average Bonchev–Trinajstić information content (AvgIpc) is 3.40. The molecule has 0 aliphatic carbocycles. The molecule has 0 radical (unpaired) electrons. The second kappa shape index (κ2) is 10.9. The molecule has 3 heterocycles. The molecule has 3 aliphatic heterocycles. The summed E-state index contributed by atoms with van der Waals surface area (Å²) in [5.41, 5.74) is 2.36. The SMILES string of the molecule is C[C@H]1[C@H]([Si](C)(C)F)[C@@H](CCO)O[C@]12C(=O)N(Cc1ccc(N3C(=O)c4ccccc4Oc4ccccc43)cc1)c1ccccc12.